The van der Waals surface area contributed by atoms with Crippen molar-refractivity contribution in [3.05, 3.63) is 59.7 Å². The summed E-state index contributed by atoms with van der Waals surface area (Å²) in [5.41, 5.74) is 0.376. The van der Waals surface area contributed by atoms with E-state index in [2.05, 4.69) is 5.32 Å². The van der Waals surface area contributed by atoms with E-state index in [-0.39, 0.29) is 35.9 Å². The van der Waals surface area contributed by atoms with Gasteiger partial charge in [0.25, 0.3) is 15.9 Å². The Hall–Kier alpha value is -3.40. The highest BCUT2D eigenvalue weighted by atomic mass is 32.2. The smallest absolute Gasteiger partial charge is 0.269 e. The van der Waals surface area contributed by atoms with Crippen LogP contribution < -0.4 is 10.1 Å². The van der Waals surface area contributed by atoms with E-state index in [4.69, 9.17) is 4.74 Å². The topological polar surface area (TPSA) is 113 Å². The summed E-state index contributed by atoms with van der Waals surface area (Å²) >= 11 is 0. The van der Waals surface area contributed by atoms with Gasteiger partial charge in [-0.05, 0) is 57.0 Å². The molecule has 194 valence electrons. The summed E-state index contributed by atoms with van der Waals surface area (Å²) in [4.78, 5) is 40.7. The second-order valence-electron chi connectivity index (χ2n) is 9.66. The molecule has 1 heterocycles. The van der Waals surface area contributed by atoms with Crippen LogP contribution in [-0.4, -0.2) is 60.6 Å². The van der Waals surface area contributed by atoms with E-state index in [0.29, 0.717) is 12.2 Å². The number of sulfonamides is 1. The number of amides is 3. The maximum atomic E-state index is 13.5. The first-order chi connectivity index (χ1) is 16.9. The molecule has 3 amide bonds. The van der Waals surface area contributed by atoms with Gasteiger partial charge in [-0.2, -0.15) is 0 Å². The molecule has 1 atom stereocenters. The molecule has 0 aliphatic carbocycles. The van der Waals surface area contributed by atoms with Crippen molar-refractivity contribution in [2.45, 2.75) is 63.6 Å². The van der Waals surface area contributed by atoms with E-state index in [0.717, 1.165) is 9.87 Å². The molecule has 1 unspecified atom stereocenters. The molecule has 1 aliphatic rings. The van der Waals surface area contributed by atoms with E-state index < -0.39 is 33.4 Å². The van der Waals surface area contributed by atoms with Crippen molar-refractivity contribution < 1.29 is 27.5 Å². The van der Waals surface area contributed by atoms with Gasteiger partial charge in [-0.15, -0.1) is 0 Å². The number of nitrogens with one attached hydrogen (secondary N) is 1. The second-order valence-corrected chi connectivity index (χ2v) is 11.5. The Labute approximate surface area is 212 Å². The predicted molar refractivity (Wildman–Crippen MR) is 135 cm³/mol. The van der Waals surface area contributed by atoms with Crippen LogP contribution in [0.2, 0.25) is 0 Å². The third-order valence-electron chi connectivity index (χ3n) is 5.84. The molecule has 1 aliphatic heterocycles. The fraction of sp³-hybridized carbons (Fsp3) is 0.423. The highest BCUT2D eigenvalue weighted by molar-refractivity contribution is 7.90. The average Bonchev–Trinajstić information content (AvgIpc) is 3.01. The summed E-state index contributed by atoms with van der Waals surface area (Å²) in [5.74, 6) is -0.728. The van der Waals surface area contributed by atoms with Crippen LogP contribution in [0.5, 0.6) is 5.75 Å². The zero-order valence-electron chi connectivity index (χ0n) is 21.3. The Morgan fingerprint density at radius 3 is 2.28 bits per heavy atom. The zero-order valence-corrected chi connectivity index (χ0v) is 22.1. The minimum Gasteiger partial charge on any atom is -0.497 e. The van der Waals surface area contributed by atoms with Crippen LogP contribution in [0.15, 0.2) is 53.4 Å². The zero-order chi connectivity index (χ0) is 26.7. The molecule has 2 aromatic carbocycles. The number of rotatable bonds is 9. The lowest BCUT2D eigenvalue weighted by Gasteiger charge is -2.33. The molecular formula is C26H33N3O6S. The van der Waals surface area contributed by atoms with Crippen molar-refractivity contribution in [2.24, 2.45) is 0 Å². The molecule has 36 heavy (non-hydrogen) atoms. The van der Waals surface area contributed by atoms with Crippen molar-refractivity contribution in [2.75, 3.05) is 13.7 Å². The van der Waals surface area contributed by atoms with E-state index in [1.165, 1.54) is 17.0 Å². The minimum absolute atomic E-state index is 0.0615. The van der Waals surface area contributed by atoms with Crippen LogP contribution >= 0.6 is 0 Å². The molecule has 1 N–H and O–H groups in total. The van der Waals surface area contributed by atoms with E-state index >= 15 is 0 Å². The first-order valence-corrected chi connectivity index (χ1v) is 13.2. The molecule has 0 saturated heterocycles. The molecule has 0 saturated carbocycles. The van der Waals surface area contributed by atoms with Gasteiger partial charge in [0.2, 0.25) is 11.8 Å². The Morgan fingerprint density at radius 1 is 1.08 bits per heavy atom. The first kappa shape index (κ1) is 27.2. The van der Waals surface area contributed by atoms with Crippen LogP contribution in [0.1, 0.15) is 56.5 Å². The predicted octanol–water partition coefficient (Wildman–Crippen LogP) is 2.95. The largest absolute Gasteiger partial charge is 0.497 e. The van der Waals surface area contributed by atoms with Gasteiger partial charge in [0.05, 0.1) is 12.7 Å². The number of carbonyl (C=O) groups is 3. The highest BCUT2D eigenvalue weighted by Gasteiger charge is 2.41. The van der Waals surface area contributed by atoms with E-state index in [1.807, 2.05) is 27.7 Å². The molecule has 9 nitrogen and oxygen atoms in total. The minimum atomic E-state index is -4.03. The number of ether oxygens (including phenoxy) is 1. The summed E-state index contributed by atoms with van der Waals surface area (Å²) in [6, 6.07) is 12.3. The van der Waals surface area contributed by atoms with Gasteiger partial charge < -0.3 is 15.0 Å². The van der Waals surface area contributed by atoms with Crippen LogP contribution in [0, 0.1) is 0 Å². The highest BCUT2D eigenvalue weighted by Crippen LogP contribution is 2.30. The molecule has 0 spiro atoms. The molecule has 0 bridgehead atoms. The summed E-state index contributed by atoms with van der Waals surface area (Å²) in [6.07, 6.45) is 0.102. The van der Waals surface area contributed by atoms with Gasteiger partial charge in [0.15, 0.2) is 0 Å². The fourth-order valence-electron chi connectivity index (χ4n) is 4.09. The number of fused-ring (bicyclic) bond motifs is 1. The second kappa shape index (κ2) is 10.7. The third kappa shape index (κ3) is 5.87. The van der Waals surface area contributed by atoms with Gasteiger partial charge in [-0.1, -0.05) is 31.2 Å². The van der Waals surface area contributed by atoms with Gasteiger partial charge in [-0.25, -0.2) is 12.7 Å². The standard InChI is InChI=1S/C26H33N3O6S/c1-6-21(24(31)27-26(2,3)4)28(17-18-11-13-19(35-5)14-12-18)23(30)15-16-29-25(32)20-9-7-8-10-22(20)36(29,33)34/h7-14,21H,6,15-17H2,1-5H3,(H,27,31). The number of hydrogen-bond donors (Lipinski definition) is 1. The summed E-state index contributed by atoms with van der Waals surface area (Å²) in [6.45, 7) is 7.20. The molecule has 3 rings (SSSR count). The Kier molecular flexibility index (Phi) is 8.08. The lowest BCUT2D eigenvalue weighted by molar-refractivity contribution is -0.142. The van der Waals surface area contributed by atoms with Crippen LogP contribution in [0.25, 0.3) is 0 Å². The maximum absolute atomic E-state index is 13.5. The van der Waals surface area contributed by atoms with Crippen LogP contribution in [0.4, 0.5) is 0 Å². The molecule has 0 fully saturated rings. The Morgan fingerprint density at radius 2 is 1.72 bits per heavy atom. The van der Waals surface area contributed by atoms with Crippen molar-refractivity contribution in [1.29, 1.82) is 0 Å². The molecular weight excluding hydrogens is 482 g/mol. The normalized spacial score (nSPS) is 15.2. The number of carbonyl (C=O) groups excluding carboxylic acids is 3. The van der Waals surface area contributed by atoms with Gasteiger partial charge >= 0.3 is 0 Å². The van der Waals surface area contributed by atoms with Crippen molar-refractivity contribution in [3.63, 3.8) is 0 Å². The lowest BCUT2D eigenvalue weighted by Crippen LogP contribution is -2.53. The monoisotopic (exact) mass is 515 g/mol. The summed E-state index contributed by atoms with van der Waals surface area (Å²) in [7, 11) is -2.47. The number of benzene rings is 2. The summed E-state index contributed by atoms with van der Waals surface area (Å²) in [5, 5.41) is 2.93. The average molecular weight is 516 g/mol. The molecule has 10 heteroatoms. The maximum Gasteiger partial charge on any atom is 0.269 e. The lowest BCUT2D eigenvalue weighted by atomic mass is 10.1. The number of hydrogen-bond acceptors (Lipinski definition) is 6. The fourth-order valence-corrected chi connectivity index (χ4v) is 5.66. The number of nitrogens with zero attached hydrogens (tertiary/aromatic N) is 2. The van der Waals surface area contributed by atoms with Crippen LogP contribution in [0.3, 0.4) is 0 Å². The molecule has 0 aromatic heterocycles. The molecule has 2 aromatic rings. The molecule has 0 radical (unpaired) electrons. The SMILES string of the molecule is CCC(C(=O)NC(C)(C)C)N(Cc1ccc(OC)cc1)C(=O)CCN1C(=O)c2ccccc2S1(=O)=O. The van der Waals surface area contributed by atoms with Crippen LogP contribution in [-0.2, 0) is 26.2 Å². The quantitative estimate of drug-likeness (QED) is 0.549. The third-order valence-corrected chi connectivity index (χ3v) is 7.68. The van der Waals surface area contributed by atoms with Crippen molar-refractivity contribution in [1.82, 2.24) is 14.5 Å². The van der Waals surface area contributed by atoms with Crippen molar-refractivity contribution >= 4 is 27.7 Å². The summed E-state index contributed by atoms with van der Waals surface area (Å²) < 4.78 is 31.7. The van der Waals surface area contributed by atoms with Gasteiger partial charge in [-0.3, -0.25) is 14.4 Å². The van der Waals surface area contributed by atoms with E-state index in [1.54, 1.807) is 43.5 Å². The Bertz CT molecular complexity index is 1240. The van der Waals surface area contributed by atoms with E-state index in [9.17, 15) is 22.8 Å². The van der Waals surface area contributed by atoms with Crippen molar-refractivity contribution in [3.8, 4) is 5.75 Å². The number of methoxy groups -OCH3 is 1. The van der Waals surface area contributed by atoms with Gasteiger partial charge in [0, 0.05) is 25.0 Å². The first-order valence-electron chi connectivity index (χ1n) is 11.8. The Balaban J connectivity index is 1.84. The van der Waals surface area contributed by atoms with Gasteiger partial charge in [0.1, 0.15) is 16.7 Å².